The van der Waals surface area contributed by atoms with Crippen LogP contribution in [0.2, 0.25) is 0 Å². The van der Waals surface area contributed by atoms with Gasteiger partial charge in [-0.2, -0.15) is 0 Å². The lowest BCUT2D eigenvalue weighted by Crippen LogP contribution is -2.39. The maximum Gasteiger partial charge on any atom is 0.222 e. The van der Waals surface area contributed by atoms with E-state index in [9.17, 15) is 4.79 Å². The number of nitrogens with zero attached hydrogens (tertiary/aromatic N) is 3. The number of fused-ring (bicyclic) bond motifs is 8. The van der Waals surface area contributed by atoms with Crippen LogP contribution in [0.4, 0.5) is 0 Å². The Morgan fingerprint density at radius 1 is 1.03 bits per heavy atom. The molecule has 1 unspecified atom stereocenters. The molecule has 5 heteroatoms. The first-order valence-electron chi connectivity index (χ1n) is 10.4. The standard InChI is InChI=1S/C24H25N3O2/c28-24-10-9-21-14-25-17-27(21)15-18-4-1-7-22(12-18)29-23-8-2-5-19(13-23)20-6-3-11-26(24)16-20/h1-2,4-5,7-8,12-14,17,20H,3,6,9-11,15-16H2. The molecular formula is C24H25N3O2. The molecule has 1 amide bonds. The molecule has 29 heavy (non-hydrogen) atoms. The number of aromatic nitrogens is 2. The van der Waals surface area contributed by atoms with E-state index in [-0.39, 0.29) is 5.91 Å². The minimum absolute atomic E-state index is 0.240. The Balaban J connectivity index is 1.52. The Morgan fingerprint density at radius 2 is 1.90 bits per heavy atom. The smallest absolute Gasteiger partial charge is 0.222 e. The van der Waals surface area contributed by atoms with Gasteiger partial charge in [-0.25, -0.2) is 4.98 Å². The van der Waals surface area contributed by atoms with Crippen molar-refractivity contribution in [3.05, 3.63) is 77.9 Å². The highest BCUT2D eigenvalue weighted by molar-refractivity contribution is 5.76. The second-order valence-corrected chi connectivity index (χ2v) is 8.01. The van der Waals surface area contributed by atoms with Crippen molar-refractivity contribution in [2.45, 2.75) is 38.1 Å². The van der Waals surface area contributed by atoms with E-state index in [0.29, 0.717) is 25.3 Å². The summed E-state index contributed by atoms with van der Waals surface area (Å²) in [5, 5.41) is 0. The van der Waals surface area contributed by atoms with E-state index in [2.05, 4.69) is 39.9 Å². The van der Waals surface area contributed by atoms with Crippen LogP contribution in [-0.2, 0) is 17.8 Å². The molecule has 0 saturated carbocycles. The summed E-state index contributed by atoms with van der Waals surface area (Å²) in [6.07, 6.45) is 7.11. The van der Waals surface area contributed by atoms with Crippen LogP contribution >= 0.6 is 0 Å². The molecule has 1 fully saturated rings. The van der Waals surface area contributed by atoms with Crippen molar-refractivity contribution >= 4 is 5.91 Å². The fourth-order valence-electron chi connectivity index (χ4n) is 4.44. The Hall–Kier alpha value is -3.08. The Labute approximate surface area is 170 Å². The van der Waals surface area contributed by atoms with Crippen LogP contribution in [0.5, 0.6) is 11.5 Å². The molecule has 2 aromatic carbocycles. The first-order chi connectivity index (χ1) is 14.2. The largest absolute Gasteiger partial charge is 0.457 e. The van der Waals surface area contributed by atoms with Crippen molar-refractivity contribution in [1.82, 2.24) is 14.5 Å². The molecule has 0 radical (unpaired) electrons. The second kappa shape index (κ2) is 7.74. The fourth-order valence-corrected chi connectivity index (χ4v) is 4.44. The summed E-state index contributed by atoms with van der Waals surface area (Å²) in [5.41, 5.74) is 3.49. The lowest BCUT2D eigenvalue weighted by molar-refractivity contribution is -0.132. The van der Waals surface area contributed by atoms with Gasteiger partial charge in [0.1, 0.15) is 11.5 Å². The average molecular weight is 387 g/mol. The first kappa shape index (κ1) is 18.0. The predicted octanol–water partition coefficient (Wildman–Crippen LogP) is 4.38. The molecule has 5 nitrogen and oxygen atoms in total. The van der Waals surface area contributed by atoms with Crippen molar-refractivity contribution in [2.75, 3.05) is 13.1 Å². The van der Waals surface area contributed by atoms with Gasteiger partial charge in [0, 0.05) is 43.9 Å². The number of ether oxygens (including phenoxy) is 1. The maximum atomic E-state index is 12.9. The van der Waals surface area contributed by atoms with Crippen molar-refractivity contribution in [3.8, 4) is 11.5 Å². The van der Waals surface area contributed by atoms with Crippen molar-refractivity contribution < 1.29 is 9.53 Å². The zero-order valence-corrected chi connectivity index (χ0v) is 16.5. The topological polar surface area (TPSA) is 47.4 Å². The minimum Gasteiger partial charge on any atom is -0.457 e. The Kier molecular flexibility index (Phi) is 4.80. The van der Waals surface area contributed by atoms with Crippen molar-refractivity contribution in [1.29, 1.82) is 0 Å². The van der Waals surface area contributed by atoms with Crippen molar-refractivity contribution in [2.24, 2.45) is 0 Å². The zero-order valence-electron chi connectivity index (χ0n) is 16.5. The van der Waals surface area contributed by atoms with Gasteiger partial charge in [0.25, 0.3) is 0 Å². The van der Waals surface area contributed by atoms with E-state index in [1.165, 1.54) is 5.56 Å². The predicted molar refractivity (Wildman–Crippen MR) is 111 cm³/mol. The molecule has 2 aliphatic heterocycles. The zero-order chi connectivity index (χ0) is 19.6. The number of imidazole rings is 1. The lowest BCUT2D eigenvalue weighted by atomic mass is 9.90. The van der Waals surface area contributed by atoms with Gasteiger partial charge in [-0.15, -0.1) is 0 Å². The van der Waals surface area contributed by atoms with E-state index >= 15 is 0 Å². The number of hydrogen-bond donors (Lipinski definition) is 0. The van der Waals surface area contributed by atoms with Crippen molar-refractivity contribution in [3.63, 3.8) is 0 Å². The molecular weight excluding hydrogens is 362 g/mol. The van der Waals surface area contributed by atoms with E-state index < -0.39 is 0 Å². The molecule has 6 bridgehead atoms. The number of carbonyl (C=O) groups excluding carboxylic acids is 1. The van der Waals surface area contributed by atoms with Crippen LogP contribution in [0, 0.1) is 0 Å². The van der Waals surface area contributed by atoms with Crippen LogP contribution < -0.4 is 4.74 Å². The summed E-state index contributed by atoms with van der Waals surface area (Å²) in [4.78, 5) is 19.2. The quantitative estimate of drug-likeness (QED) is 0.575. The van der Waals surface area contributed by atoms with Gasteiger partial charge >= 0.3 is 0 Å². The molecule has 148 valence electrons. The number of aryl methyl sites for hydroxylation is 1. The monoisotopic (exact) mass is 387 g/mol. The molecule has 0 spiro atoms. The first-order valence-corrected chi connectivity index (χ1v) is 10.4. The van der Waals surface area contributed by atoms with E-state index in [1.807, 2.05) is 35.6 Å². The van der Waals surface area contributed by atoms with Gasteiger partial charge in [-0.05, 0) is 54.7 Å². The summed E-state index contributed by atoms with van der Waals surface area (Å²) in [6, 6.07) is 16.5. The van der Waals surface area contributed by atoms with Gasteiger partial charge in [0.05, 0.1) is 6.33 Å². The van der Waals surface area contributed by atoms with Crippen LogP contribution in [0.3, 0.4) is 0 Å². The van der Waals surface area contributed by atoms with Gasteiger partial charge in [0.2, 0.25) is 5.91 Å². The molecule has 1 aromatic heterocycles. The SMILES string of the molecule is O=C1CCc2cncn2Cc2cccc(c2)Oc2cccc(c2)C2CCCN1C2. The number of rotatable bonds is 0. The second-order valence-electron chi connectivity index (χ2n) is 8.01. The Morgan fingerprint density at radius 3 is 2.83 bits per heavy atom. The molecule has 5 rings (SSSR count). The van der Waals surface area contributed by atoms with E-state index in [1.54, 1.807) is 0 Å². The molecule has 3 aromatic rings. The van der Waals surface area contributed by atoms with Crippen LogP contribution in [-0.4, -0.2) is 33.4 Å². The van der Waals surface area contributed by atoms with E-state index in [0.717, 1.165) is 48.7 Å². The minimum atomic E-state index is 0.240. The highest BCUT2D eigenvalue weighted by atomic mass is 16.5. The summed E-state index contributed by atoms with van der Waals surface area (Å²) in [6.45, 7) is 2.36. The average Bonchev–Trinajstić information content (AvgIpc) is 3.19. The molecule has 1 atom stereocenters. The van der Waals surface area contributed by atoms with E-state index in [4.69, 9.17) is 4.74 Å². The summed E-state index contributed by atoms with van der Waals surface area (Å²) in [5.74, 6) is 2.29. The summed E-state index contributed by atoms with van der Waals surface area (Å²) < 4.78 is 8.31. The lowest BCUT2D eigenvalue weighted by Gasteiger charge is -2.33. The molecule has 2 aliphatic rings. The summed E-state index contributed by atoms with van der Waals surface area (Å²) >= 11 is 0. The number of carbonyl (C=O) groups is 1. The van der Waals surface area contributed by atoms with Crippen LogP contribution in [0.1, 0.15) is 42.0 Å². The van der Waals surface area contributed by atoms with Crippen LogP contribution in [0.25, 0.3) is 0 Å². The highest BCUT2D eigenvalue weighted by Crippen LogP contribution is 2.31. The number of benzene rings is 2. The molecule has 1 saturated heterocycles. The third kappa shape index (κ3) is 3.90. The Bertz CT molecular complexity index is 1030. The molecule has 0 N–H and O–H groups in total. The number of piperidine rings is 1. The summed E-state index contributed by atoms with van der Waals surface area (Å²) in [7, 11) is 0. The third-order valence-corrected chi connectivity index (χ3v) is 5.98. The normalized spacial score (nSPS) is 19.4. The molecule has 3 heterocycles. The molecule has 0 aliphatic carbocycles. The van der Waals surface area contributed by atoms with Gasteiger partial charge in [-0.1, -0.05) is 24.3 Å². The third-order valence-electron chi connectivity index (χ3n) is 5.98. The number of hydrogen-bond acceptors (Lipinski definition) is 3. The van der Waals surface area contributed by atoms with Gasteiger partial charge in [-0.3, -0.25) is 4.79 Å². The number of amides is 1. The van der Waals surface area contributed by atoms with Crippen LogP contribution in [0.15, 0.2) is 61.1 Å². The highest BCUT2D eigenvalue weighted by Gasteiger charge is 2.25. The van der Waals surface area contributed by atoms with Gasteiger partial charge in [0.15, 0.2) is 0 Å². The fraction of sp³-hybridized carbons (Fsp3) is 0.333. The van der Waals surface area contributed by atoms with Gasteiger partial charge < -0.3 is 14.2 Å². The maximum absolute atomic E-state index is 12.9.